The Balaban J connectivity index is 1.37. The van der Waals surface area contributed by atoms with Crippen molar-refractivity contribution in [2.24, 2.45) is 0 Å². The molecule has 3 saturated heterocycles. The molecule has 3 fully saturated rings. The Kier molecular flexibility index (Phi) is 5.88. The van der Waals surface area contributed by atoms with Gasteiger partial charge in [0.15, 0.2) is 0 Å². The number of aryl methyl sites for hydroxylation is 1. The minimum absolute atomic E-state index is 0.477. The topological polar surface area (TPSA) is 78.3 Å². The van der Waals surface area contributed by atoms with Crippen molar-refractivity contribution >= 4 is 16.7 Å². The average molecular weight is 442 g/mol. The van der Waals surface area contributed by atoms with Gasteiger partial charge in [-0.2, -0.15) is 0 Å². The molecule has 32 heavy (non-hydrogen) atoms. The summed E-state index contributed by atoms with van der Waals surface area (Å²) in [7, 11) is 0. The van der Waals surface area contributed by atoms with Crippen LogP contribution >= 0.6 is 0 Å². The maximum absolute atomic E-state index is 10.8. The quantitative estimate of drug-likeness (QED) is 0.756. The van der Waals surface area contributed by atoms with E-state index >= 15 is 0 Å². The normalized spacial score (nSPS) is 29.0. The molecule has 0 radical (unpaired) electrons. The second-order valence-electron chi connectivity index (χ2n) is 9.97. The van der Waals surface area contributed by atoms with Gasteiger partial charge < -0.3 is 24.6 Å². The van der Waals surface area contributed by atoms with Gasteiger partial charge in [0.2, 0.25) is 0 Å². The number of pyridine rings is 1. The molecular formula is C25H35N3O4. The summed E-state index contributed by atoms with van der Waals surface area (Å²) < 4.78 is 11.6. The van der Waals surface area contributed by atoms with Crippen LogP contribution in [0.25, 0.3) is 10.9 Å². The molecule has 2 N–H and O–H groups in total. The van der Waals surface area contributed by atoms with Crippen LogP contribution in [0.1, 0.15) is 37.3 Å². The summed E-state index contributed by atoms with van der Waals surface area (Å²) in [6.07, 6.45) is 1.07. The summed E-state index contributed by atoms with van der Waals surface area (Å²) in [6.45, 7) is 9.96. The van der Waals surface area contributed by atoms with Gasteiger partial charge in [-0.05, 0) is 44.4 Å². The highest BCUT2D eigenvalue weighted by Crippen LogP contribution is 2.40. The van der Waals surface area contributed by atoms with E-state index < -0.39 is 17.3 Å². The van der Waals surface area contributed by atoms with E-state index in [2.05, 4.69) is 41.0 Å². The van der Waals surface area contributed by atoms with Gasteiger partial charge in [-0.25, -0.2) is 4.98 Å². The van der Waals surface area contributed by atoms with Crippen LogP contribution in [0.15, 0.2) is 24.3 Å². The first kappa shape index (κ1) is 22.0. The fourth-order valence-corrected chi connectivity index (χ4v) is 5.47. The van der Waals surface area contributed by atoms with E-state index in [0.29, 0.717) is 13.0 Å². The van der Waals surface area contributed by atoms with Crippen molar-refractivity contribution in [1.82, 2.24) is 9.88 Å². The number of aliphatic hydroxyl groups excluding tert-OH is 1. The van der Waals surface area contributed by atoms with Gasteiger partial charge >= 0.3 is 0 Å². The highest BCUT2D eigenvalue weighted by atomic mass is 16.5. The lowest BCUT2D eigenvalue weighted by atomic mass is 9.75. The molecule has 2 aromatic rings. The van der Waals surface area contributed by atoms with Crippen molar-refractivity contribution in [3.63, 3.8) is 0 Å². The second-order valence-corrected chi connectivity index (χ2v) is 9.97. The lowest BCUT2D eigenvalue weighted by Crippen LogP contribution is -2.64. The van der Waals surface area contributed by atoms with E-state index in [1.54, 1.807) is 6.92 Å². The van der Waals surface area contributed by atoms with Gasteiger partial charge in [-0.3, -0.25) is 4.90 Å². The first-order chi connectivity index (χ1) is 15.4. The van der Waals surface area contributed by atoms with Crippen molar-refractivity contribution < 1.29 is 19.7 Å². The highest BCUT2D eigenvalue weighted by molar-refractivity contribution is 5.82. The Labute approximate surface area is 189 Å². The van der Waals surface area contributed by atoms with E-state index in [1.807, 2.05) is 0 Å². The molecule has 0 aliphatic carbocycles. The molecule has 3 aliphatic rings. The molecule has 2 atom stereocenters. The molecule has 1 aromatic carbocycles. The lowest BCUT2D eigenvalue weighted by Gasteiger charge is -2.51. The van der Waals surface area contributed by atoms with Gasteiger partial charge in [0.05, 0.1) is 36.5 Å². The molecule has 0 bridgehead atoms. The zero-order chi connectivity index (χ0) is 22.3. The number of nitrogens with zero attached hydrogens (tertiary/aromatic N) is 3. The molecule has 0 saturated carbocycles. The van der Waals surface area contributed by atoms with Crippen LogP contribution in [0.3, 0.4) is 0 Å². The first-order valence-corrected chi connectivity index (χ1v) is 11.9. The molecular weight excluding hydrogens is 406 g/mol. The largest absolute Gasteiger partial charge is 0.387 e. The van der Waals surface area contributed by atoms with E-state index in [9.17, 15) is 10.2 Å². The molecule has 1 spiro atoms. The van der Waals surface area contributed by atoms with Gasteiger partial charge in [0.25, 0.3) is 0 Å². The number of hydrogen-bond acceptors (Lipinski definition) is 7. The highest BCUT2D eigenvalue weighted by Gasteiger charge is 2.52. The molecule has 7 heteroatoms. The Bertz CT molecular complexity index is 965. The summed E-state index contributed by atoms with van der Waals surface area (Å²) in [6, 6.07) is 8.74. The smallest absolute Gasteiger partial charge is 0.133 e. The molecule has 0 amide bonds. The summed E-state index contributed by atoms with van der Waals surface area (Å²) in [4.78, 5) is 9.85. The molecule has 3 aliphatic heterocycles. The van der Waals surface area contributed by atoms with Crippen LogP contribution in [0, 0.1) is 6.92 Å². The van der Waals surface area contributed by atoms with Crippen molar-refractivity contribution in [2.45, 2.75) is 57.0 Å². The summed E-state index contributed by atoms with van der Waals surface area (Å²) >= 11 is 0. The maximum Gasteiger partial charge on any atom is 0.133 e. The summed E-state index contributed by atoms with van der Waals surface area (Å²) in [5.74, 6) is 1.06. The van der Waals surface area contributed by atoms with Crippen LogP contribution in [-0.4, -0.2) is 83.4 Å². The van der Waals surface area contributed by atoms with Crippen LogP contribution < -0.4 is 4.90 Å². The van der Waals surface area contributed by atoms with Gasteiger partial charge in [0.1, 0.15) is 11.9 Å². The number of rotatable bonds is 3. The van der Waals surface area contributed by atoms with Gasteiger partial charge in [0, 0.05) is 50.1 Å². The number of morpholine rings is 1. The van der Waals surface area contributed by atoms with Crippen LogP contribution in [0.2, 0.25) is 0 Å². The predicted molar refractivity (Wildman–Crippen MR) is 124 cm³/mol. The summed E-state index contributed by atoms with van der Waals surface area (Å²) in [5, 5.41) is 22.6. The van der Waals surface area contributed by atoms with E-state index in [1.165, 1.54) is 11.1 Å². The second kappa shape index (κ2) is 8.54. The zero-order valence-electron chi connectivity index (χ0n) is 19.2. The van der Waals surface area contributed by atoms with Crippen molar-refractivity contribution in [3.8, 4) is 0 Å². The van der Waals surface area contributed by atoms with Crippen molar-refractivity contribution in [1.29, 1.82) is 0 Å². The fourth-order valence-electron chi connectivity index (χ4n) is 5.47. The third-order valence-corrected chi connectivity index (χ3v) is 7.52. The SMILES string of the molecule is Cc1ccc2cc(CN3CCC4(CC3)OCC[C@@](C)(O)[C@@H]4O)c(N3CCOCC3)nc2c1. The van der Waals surface area contributed by atoms with E-state index in [-0.39, 0.29) is 0 Å². The molecule has 4 heterocycles. The lowest BCUT2D eigenvalue weighted by molar-refractivity contribution is -0.246. The number of fused-ring (bicyclic) bond motifs is 1. The number of aromatic nitrogens is 1. The standard InChI is InChI=1S/C25H35N3O4/c1-18-3-4-19-16-20(22(26-21(19)15-18)28-10-13-31-14-11-28)17-27-8-5-25(6-9-27)23(29)24(2,30)7-12-32-25/h3-4,15-16,23,29-30H,5-14,17H2,1-2H3/t23-,24+/m0/s1. The third kappa shape index (κ3) is 4.13. The average Bonchev–Trinajstić information content (AvgIpc) is 2.79. The first-order valence-electron chi connectivity index (χ1n) is 11.9. The zero-order valence-corrected chi connectivity index (χ0v) is 19.2. The number of anilines is 1. The van der Waals surface area contributed by atoms with E-state index in [4.69, 9.17) is 14.5 Å². The number of likely N-dealkylation sites (tertiary alicyclic amines) is 1. The van der Waals surface area contributed by atoms with Crippen LogP contribution in [-0.2, 0) is 16.0 Å². The number of hydrogen-bond donors (Lipinski definition) is 2. The predicted octanol–water partition coefficient (Wildman–Crippen LogP) is 2.25. The maximum atomic E-state index is 10.8. The molecule has 0 unspecified atom stereocenters. The van der Waals surface area contributed by atoms with Gasteiger partial charge in [-0.15, -0.1) is 0 Å². The number of piperidine rings is 1. The van der Waals surface area contributed by atoms with Crippen LogP contribution in [0.4, 0.5) is 5.82 Å². The van der Waals surface area contributed by atoms with Crippen LogP contribution in [0.5, 0.6) is 0 Å². The minimum atomic E-state index is -1.08. The Morgan fingerprint density at radius 1 is 1.06 bits per heavy atom. The molecule has 7 nitrogen and oxygen atoms in total. The minimum Gasteiger partial charge on any atom is -0.387 e. The number of ether oxygens (including phenoxy) is 2. The van der Waals surface area contributed by atoms with E-state index in [0.717, 1.165) is 75.5 Å². The molecule has 174 valence electrons. The van der Waals surface area contributed by atoms with Crippen molar-refractivity contribution in [2.75, 3.05) is 50.9 Å². The fraction of sp³-hybridized carbons (Fsp3) is 0.640. The molecule has 5 rings (SSSR count). The third-order valence-electron chi connectivity index (χ3n) is 7.52. The summed E-state index contributed by atoms with van der Waals surface area (Å²) in [5.41, 5.74) is 1.77. The number of aliphatic hydroxyl groups is 2. The van der Waals surface area contributed by atoms with Crippen molar-refractivity contribution in [3.05, 3.63) is 35.4 Å². The molecule has 1 aromatic heterocycles. The van der Waals surface area contributed by atoms with Gasteiger partial charge in [-0.1, -0.05) is 12.1 Å². The monoisotopic (exact) mass is 441 g/mol. The Morgan fingerprint density at radius 2 is 1.81 bits per heavy atom. The number of benzene rings is 1. The Morgan fingerprint density at radius 3 is 2.56 bits per heavy atom. The Hall–Kier alpha value is -1.77.